The molecule has 2 saturated heterocycles. The normalized spacial score (nSPS) is 34.7. The SMILES string of the molecule is CC[C@H](C)[C@H](CO)N1C(=O)[C@@H]2[C@H]3C(=O)N(C)CC=C[C@@]3(C)S[C@@]23C=CCN(c2ccccc2Cl)C(=O)C13. The molecule has 4 heterocycles. The molecule has 7 nitrogen and oxygen atoms in total. The Morgan fingerprint density at radius 2 is 1.78 bits per heavy atom. The maximum atomic E-state index is 14.6. The van der Waals surface area contributed by atoms with E-state index in [9.17, 15) is 19.5 Å². The molecular weight excluding hydrogens is 510 g/mol. The number of likely N-dealkylation sites (N-methyl/N-ethyl adjacent to an activating group) is 1. The van der Waals surface area contributed by atoms with Crippen molar-refractivity contribution in [3.05, 3.63) is 53.6 Å². The van der Waals surface area contributed by atoms with Crippen LogP contribution in [0.2, 0.25) is 5.02 Å². The minimum atomic E-state index is -0.956. The fourth-order valence-electron chi connectivity index (χ4n) is 6.64. The van der Waals surface area contributed by atoms with Crippen molar-refractivity contribution in [2.45, 2.75) is 48.8 Å². The Bertz CT molecular complexity index is 1190. The summed E-state index contributed by atoms with van der Waals surface area (Å²) in [7, 11) is 1.76. The molecule has 7 atom stereocenters. The molecule has 3 amide bonds. The summed E-state index contributed by atoms with van der Waals surface area (Å²) in [6, 6.07) is 5.76. The second kappa shape index (κ2) is 9.47. The average molecular weight is 544 g/mol. The lowest BCUT2D eigenvalue weighted by atomic mass is 9.74. The van der Waals surface area contributed by atoms with E-state index in [1.807, 2.05) is 57.2 Å². The van der Waals surface area contributed by atoms with Crippen molar-refractivity contribution in [3.8, 4) is 0 Å². The summed E-state index contributed by atoms with van der Waals surface area (Å²) in [6.07, 6.45) is 8.68. The smallest absolute Gasteiger partial charge is 0.251 e. The van der Waals surface area contributed by atoms with E-state index in [4.69, 9.17) is 11.6 Å². The minimum absolute atomic E-state index is 0.0394. The van der Waals surface area contributed by atoms with E-state index in [-0.39, 0.29) is 30.2 Å². The molecule has 0 aliphatic carbocycles. The maximum Gasteiger partial charge on any atom is 0.251 e. The first kappa shape index (κ1) is 26.3. The minimum Gasteiger partial charge on any atom is -0.394 e. The van der Waals surface area contributed by atoms with Crippen molar-refractivity contribution in [3.63, 3.8) is 0 Å². The van der Waals surface area contributed by atoms with Gasteiger partial charge in [-0.25, -0.2) is 0 Å². The first-order chi connectivity index (χ1) is 17.6. The number of nitrogens with zero attached hydrogens (tertiary/aromatic N) is 3. The number of amides is 3. The number of carbonyl (C=O) groups excluding carboxylic acids is 3. The third-order valence-corrected chi connectivity index (χ3v) is 10.8. The lowest BCUT2D eigenvalue weighted by molar-refractivity contribution is -0.145. The molecule has 1 aromatic carbocycles. The van der Waals surface area contributed by atoms with Crippen LogP contribution in [0.15, 0.2) is 48.6 Å². The first-order valence-corrected chi connectivity index (χ1v) is 14.1. The standard InChI is InChI=1S/C28H34ClN3O4S/c1-5-17(2)20(16-33)32-23-26(36)31(19-11-7-6-10-18(19)29)15-9-13-28(23)22(25(32)35)21-24(34)30(4)14-8-12-27(21,3)37-28/h6-13,17,20-23,33H,5,14-16H2,1-4H3/t17-,20-,21-,22-,23?,27+,28-/m0/s1. The predicted molar refractivity (Wildman–Crippen MR) is 146 cm³/mol. The van der Waals surface area contributed by atoms with Crippen LogP contribution in [-0.4, -0.2) is 80.9 Å². The van der Waals surface area contributed by atoms with Gasteiger partial charge in [-0.2, -0.15) is 0 Å². The molecule has 1 spiro atoms. The second-order valence-electron chi connectivity index (χ2n) is 10.8. The number of likely N-dealkylation sites (tertiary alicyclic amines) is 1. The molecule has 1 N–H and O–H groups in total. The fourth-order valence-corrected chi connectivity index (χ4v) is 9.02. The highest BCUT2D eigenvalue weighted by atomic mass is 35.5. The van der Waals surface area contributed by atoms with Gasteiger partial charge in [0.25, 0.3) is 5.91 Å². The summed E-state index contributed by atoms with van der Waals surface area (Å²) in [6.45, 7) is 6.52. The van der Waals surface area contributed by atoms with E-state index in [0.29, 0.717) is 23.8 Å². The van der Waals surface area contributed by atoms with Gasteiger partial charge in [0.05, 0.1) is 39.9 Å². The summed E-state index contributed by atoms with van der Waals surface area (Å²) < 4.78 is -1.61. The van der Waals surface area contributed by atoms with Crippen LogP contribution < -0.4 is 4.90 Å². The number of para-hydroxylation sites is 1. The summed E-state index contributed by atoms with van der Waals surface area (Å²) in [5.74, 6) is -1.96. The van der Waals surface area contributed by atoms with Gasteiger partial charge in [-0.3, -0.25) is 14.4 Å². The highest BCUT2D eigenvalue weighted by molar-refractivity contribution is 8.02. The van der Waals surface area contributed by atoms with Crippen LogP contribution in [0.25, 0.3) is 0 Å². The van der Waals surface area contributed by atoms with E-state index in [2.05, 4.69) is 0 Å². The highest BCUT2D eigenvalue weighted by Crippen LogP contribution is 2.66. The van der Waals surface area contributed by atoms with Gasteiger partial charge < -0.3 is 19.8 Å². The monoisotopic (exact) mass is 543 g/mol. The quantitative estimate of drug-likeness (QED) is 0.576. The van der Waals surface area contributed by atoms with Crippen molar-refractivity contribution in [1.29, 1.82) is 0 Å². The molecule has 0 bridgehead atoms. The van der Waals surface area contributed by atoms with Crippen LogP contribution in [0.3, 0.4) is 0 Å². The zero-order valence-electron chi connectivity index (χ0n) is 21.6. The van der Waals surface area contributed by atoms with Crippen molar-refractivity contribution in [1.82, 2.24) is 9.80 Å². The molecule has 0 saturated carbocycles. The Kier molecular flexibility index (Phi) is 6.74. The summed E-state index contributed by atoms with van der Waals surface area (Å²) in [4.78, 5) is 47.7. The number of hydrogen-bond acceptors (Lipinski definition) is 5. The van der Waals surface area contributed by atoms with E-state index in [1.165, 1.54) is 0 Å². The van der Waals surface area contributed by atoms with Gasteiger partial charge in [-0.1, -0.05) is 68.3 Å². The zero-order chi connectivity index (χ0) is 26.7. The third kappa shape index (κ3) is 3.78. The maximum absolute atomic E-state index is 14.6. The number of aliphatic hydroxyl groups is 1. The molecular formula is C28H34ClN3O4S. The van der Waals surface area contributed by atoms with Crippen LogP contribution in [-0.2, 0) is 14.4 Å². The Morgan fingerprint density at radius 1 is 1.08 bits per heavy atom. The Labute approximate surface area is 227 Å². The van der Waals surface area contributed by atoms with Gasteiger partial charge in [-0.05, 0) is 25.0 Å². The van der Waals surface area contributed by atoms with E-state index < -0.39 is 33.4 Å². The number of rotatable bonds is 5. The van der Waals surface area contributed by atoms with Gasteiger partial charge in [-0.15, -0.1) is 11.8 Å². The van der Waals surface area contributed by atoms with Crippen LogP contribution in [0.5, 0.6) is 0 Å². The number of hydrogen-bond donors (Lipinski definition) is 1. The molecule has 1 aromatic rings. The molecule has 1 unspecified atom stereocenters. The zero-order valence-corrected chi connectivity index (χ0v) is 23.2. The van der Waals surface area contributed by atoms with Gasteiger partial charge in [0.15, 0.2) is 0 Å². The number of carbonyl (C=O) groups is 3. The molecule has 5 rings (SSSR count). The van der Waals surface area contributed by atoms with Gasteiger partial charge in [0, 0.05) is 24.9 Å². The second-order valence-corrected chi connectivity index (χ2v) is 13.0. The van der Waals surface area contributed by atoms with Crippen LogP contribution in [0.4, 0.5) is 5.69 Å². The predicted octanol–water partition coefficient (Wildman–Crippen LogP) is 3.37. The fraction of sp³-hybridized carbons (Fsp3) is 0.536. The average Bonchev–Trinajstić information content (AvgIpc) is 3.15. The van der Waals surface area contributed by atoms with Crippen molar-refractivity contribution < 1.29 is 19.5 Å². The number of halogens is 1. The highest BCUT2D eigenvalue weighted by Gasteiger charge is 2.74. The first-order valence-electron chi connectivity index (χ1n) is 12.9. The van der Waals surface area contributed by atoms with Crippen LogP contribution in [0.1, 0.15) is 27.2 Å². The molecule has 2 fully saturated rings. The lowest BCUT2D eigenvalue weighted by Crippen LogP contribution is -2.58. The summed E-state index contributed by atoms with van der Waals surface area (Å²) in [5.41, 5.74) is 0.579. The lowest BCUT2D eigenvalue weighted by Gasteiger charge is -2.41. The molecule has 4 aliphatic heterocycles. The number of benzene rings is 1. The Balaban J connectivity index is 1.71. The number of thioether (sulfide) groups is 1. The summed E-state index contributed by atoms with van der Waals surface area (Å²) in [5, 5.41) is 11.0. The number of fused-ring (bicyclic) bond motifs is 2. The van der Waals surface area contributed by atoms with Crippen LogP contribution >= 0.6 is 23.4 Å². The van der Waals surface area contributed by atoms with Gasteiger partial charge >= 0.3 is 0 Å². The molecule has 9 heteroatoms. The molecule has 37 heavy (non-hydrogen) atoms. The number of anilines is 1. The third-order valence-electron chi connectivity index (χ3n) is 8.68. The van der Waals surface area contributed by atoms with Crippen molar-refractivity contribution >= 4 is 46.8 Å². The largest absolute Gasteiger partial charge is 0.394 e. The Morgan fingerprint density at radius 3 is 2.46 bits per heavy atom. The van der Waals surface area contributed by atoms with Gasteiger partial charge in [0.1, 0.15) is 6.04 Å². The van der Waals surface area contributed by atoms with E-state index >= 15 is 0 Å². The van der Waals surface area contributed by atoms with E-state index in [1.54, 1.807) is 45.6 Å². The van der Waals surface area contributed by atoms with E-state index in [0.717, 1.165) is 6.42 Å². The van der Waals surface area contributed by atoms with Crippen LogP contribution in [0, 0.1) is 17.8 Å². The molecule has 0 aromatic heterocycles. The molecule has 4 aliphatic rings. The van der Waals surface area contributed by atoms with Gasteiger partial charge in [0.2, 0.25) is 11.8 Å². The topological polar surface area (TPSA) is 81.2 Å². The summed E-state index contributed by atoms with van der Waals surface area (Å²) >= 11 is 8.07. The van der Waals surface area contributed by atoms with Crippen molar-refractivity contribution in [2.75, 3.05) is 31.6 Å². The molecule has 198 valence electrons. The Hall–Kier alpha value is -2.29. The molecule has 0 radical (unpaired) electrons. The van der Waals surface area contributed by atoms with Crippen molar-refractivity contribution in [2.24, 2.45) is 17.8 Å². The number of aliphatic hydroxyl groups excluding tert-OH is 1.